The van der Waals surface area contributed by atoms with E-state index in [1.807, 2.05) is 24.3 Å². The molecule has 0 aliphatic rings. The predicted octanol–water partition coefficient (Wildman–Crippen LogP) is 3.94. The van der Waals surface area contributed by atoms with Crippen LogP contribution in [0, 0.1) is 0 Å². The van der Waals surface area contributed by atoms with Gasteiger partial charge < -0.3 is 14.5 Å². The van der Waals surface area contributed by atoms with Gasteiger partial charge in [0.25, 0.3) is 5.91 Å². The molecule has 0 saturated heterocycles. The second-order valence-electron chi connectivity index (χ2n) is 5.23. The van der Waals surface area contributed by atoms with Crippen molar-refractivity contribution >= 4 is 33.4 Å². The average Bonchev–Trinajstić information content (AvgIpc) is 3.20. The van der Waals surface area contributed by atoms with Gasteiger partial charge in [-0.25, -0.2) is 0 Å². The first-order valence-corrected chi connectivity index (χ1v) is 8.62. The molecule has 130 valence electrons. The number of nitrogens with one attached hydrogen (secondary N) is 1. The maximum atomic E-state index is 12.2. The molecule has 0 bridgehead atoms. The monoisotopic (exact) mass is 423 g/mol. The molecule has 0 fully saturated rings. The topological polar surface area (TPSA) is 69.3 Å². The van der Waals surface area contributed by atoms with E-state index in [4.69, 9.17) is 20.8 Å². The number of hydrogen-bond acceptors (Lipinski definition) is 4. The third-order valence-electron chi connectivity index (χ3n) is 3.52. The van der Waals surface area contributed by atoms with Gasteiger partial charge in [0, 0.05) is 7.05 Å². The minimum Gasteiger partial charge on any atom is -0.484 e. The second kappa shape index (κ2) is 7.76. The van der Waals surface area contributed by atoms with Crippen molar-refractivity contribution in [3.63, 3.8) is 0 Å². The predicted molar refractivity (Wildman–Crippen MR) is 96.6 cm³/mol. The third kappa shape index (κ3) is 4.24. The number of aryl methyl sites for hydroxylation is 1. The molecule has 0 aliphatic heterocycles. The molecule has 1 N–H and O–H groups in total. The first kappa shape index (κ1) is 17.6. The number of rotatable bonds is 6. The Labute approximate surface area is 157 Å². The smallest absolute Gasteiger partial charge is 0.287 e. The number of para-hydroxylation sites is 1. The number of ether oxygens (including phenoxy) is 1. The van der Waals surface area contributed by atoms with Gasteiger partial charge in [-0.1, -0.05) is 23.7 Å². The maximum absolute atomic E-state index is 12.2. The molecule has 2 heterocycles. The van der Waals surface area contributed by atoms with E-state index in [0.29, 0.717) is 16.5 Å². The van der Waals surface area contributed by atoms with Gasteiger partial charge in [0.15, 0.2) is 5.76 Å². The fraction of sp³-hybridized carbons (Fsp3) is 0.176. The van der Waals surface area contributed by atoms with E-state index in [-0.39, 0.29) is 24.8 Å². The highest BCUT2D eigenvalue weighted by molar-refractivity contribution is 9.10. The van der Waals surface area contributed by atoms with Crippen molar-refractivity contribution < 1.29 is 13.9 Å². The molecule has 3 rings (SSSR count). The Kier molecular flexibility index (Phi) is 5.45. The van der Waals surface area contributed by atoms with E-state index in [1.54, 1.807) is 23.9 Å². The lowest BCUT2D eigenvalue weighted by molar-refractivity contribution is 0.0918. The highest BCUT2D eigenvalue weighted by atomic mass is 79.9. The highest BCUT2D eigenvalue weighted by Crippen LogP contribution is 2.25. The number of furan rings is 1. The van der Waals surface area contributed by atoms with Crippen LogP contribution in [-0.4, -0.2) is 15.7 Å². The lowest BCUT2D eigenvalue weighted by atomic mass is 10.3. The summed E-state index contributed by atoms with van der Waals surface area (Å²) in [6.45, 7) is 0.487. The normalized spacial score (nSPS) is 10.7. The number of carbonyl (C=O) groups excluding carboxylic acids is 1. The van der Waals surface area contributed by atoms with Crippen LogP contribution in [0.1, 0.15) is 22.0 Å². The average molecular weight is 425 g/mol. The lowest BCUT2D eigenvalue weighted by Gasteiger charge is -2.06. The van der Waals surface area contributed by atoms with Gasteiger partial charge in [0.05, 0.1) is 27.9 Å². The van der Waals surface area contributed by atoms with Gasteiger partial charge in [0.1, 0.15) is 18.1 Å². The number of nitrogens with zero attached hydrogens (tertiary/aromatic N) is 2. The summed E-state index contributed by atoms with van der Waals surface area (Å²) in [7, 11) is 1.76. The van der Waals surface area contributed by atoms with Crippen LogP contribution in [0.2, 0.25) is 5.02 Å². The molecule has 3 aromatic rings. The first-order chi connectivity index (χ1) is 12.0. The van der Waals surface area contributed by atoms with Crippen molar-refractivity contribution in [2.45, 2.75) is 13.2 Å². The van der Waals surface area contributed by atoms with Crippen LogP contribution in [0.4, 0.5) is 0 Å². The number of benzene rings is 1. The van der Waals surface area contributed by atoms with Crippen LogP contribution in [-0.2, 0) is 20.2 Å². The number of halogens is 2. The van der Waals surface area contributed by atoms with Gasteiger partial charge >= 0.3 is 0 Å². The minimum atomic E-state index is -0.329. The molecule has 8 heteroatoms. The number of carbonyl (C=O) groups is 1. The van der Waals surface area contributed by atoms with Crippen LogP contribution >= 0.6 is 27.5 Å². The summed E-state index contributed by atoms with van der Waals surface area (Å²) >= 11 is 9.42. The molecule has 0 radical (unpaired) electrons. The second-order valence-corrected chi connectivity index (χ2v) is 6.49. The first-order valence-electron chi connectivity index (χ1n) is 7.45. The zero-order valence-electron chi connectivity index (χ0n) is 13.3. The molecule has 25 heavy (non-hydrogen) atoms. The number of aromatic nitrogens is 2. The van der Waals surface area contributed by atoms with Crippen molar-refractivity contribution in [1.29, 1.82) is 0 Å². The molecule has 1 amide bonds. The fourth-order valence-corrected chi connectivity index (χ4v) is 2.81. The van der Waals surface area contributed by atoms with E-state index >= 15 is 0 Å². The molecule has 0 saturated carbocycles. The van der Waals surface area contributed by atoms with Gasteiger partial charge in [0.2, 0.25) is 0 Å². The Morgan fingerprint density at radius 3 is 2.88 bits per heavy atom. The van der Waals surface area contributed by atoms with Crippen molar-refractivity contribution in [2.75, 3.05) is 0 Å². The van der Waals surface area contributed by atoms with Crippen molar-refractivity contribution in [2.24, 2.45) is 7.05 Å². The summed E-state index contributed by atoms with van der Waals surface area (Å²) in [4.78, 5) is 12.2. The molecule has 0 unspecified atom stereocenters. The Balaban J connectivity index is 1.57. The quantitative estimate of drug-likeness (QED) is 0.651. The molecule has 6 nitrogen and oxygen atoms in total. The molecule has 0 atom stereocenters. The van der Waals surface area contributed by atoms with Crippen LogP contribution in [0.25, 0.3) is 0 Å². The fourth-order valence-electron chi connectivity index (χ4n) is 2.17. The van der Waals surface area contributed by atoms with Crippen LogP contribution in [0.3, 0.4) is 0 Å². The summed E-state index contributed by atoms with van der Waals surface area (Å²) in [6.07, 6.45) is 1.53. The van der Waals surface area contributed by atoms with Gasteiger partial charge in [-0.3, -0.25) is 9.48 Å². The van der Waals surface area contributed by atoms with Crippen molar-refractivity contribution in [3.8, 4) is 5.75 Å². The molecule has 0 spiro atoms. The summed E-state index contributed by atoms with van der Waals surface area (Å²) in [5.74, 6) is 1.14. The van der Waals surface area contributed by atoms with E-state index in [1.165, 1.54) is 6.20 Å². The summed E-state index contributed by atoms with van der Waals surface area (Å²) in [5.41, 5.74) is 0.721. The maximum Gasteiger partial charge on any atom is 0.287 e. The SMILES string of the molecule is Cn1ncc(Cl)c1CNC(=O)c1ccc(COc2ccccc2Br)o1. The largest absolute Gasteiger partial charge is 0.484 e. The molecule has 0 aliphatic carbocycles. The van der Waals surface area contributed by atoms with Gasteiger partial charge in [-0.2, -0.15) is 5.10 Å². The molecule has 2 aromatic heterocycles. The van der Waals surface area contributed by atoms with E-state index in [0.717, 1.165) is 10.2 Å². The third-order valence-corrected chi connectivity index (χ3v) is 4.49. The van der Waals surface area contributed by atoms with E-state index < -0.39 is 0 Å². The van der Waals surface area contributed by atoms with Crippen LogP contribution < -0.4 is 10.1 Å². The van der Waals surface area contributed by atoms with E-state index in [9.17, 15) is 4.79 Å². The summed E-state index contributed by atoms with van der Waals surface area (Å²) in [5, 5.41) is 7.28. The zero-order chi connectivity index (χ0) is 17.8. The molecular formula is C17H15BrClN3O3. The Bertz CT molecular complexity index is 871. The lowest BCUT2D eigenvalue weighted by Crippen LogP contribution is -2.23. The summed E-state index contributed by atoms with van der Waals surface area (Å²) in [6, 6.07) is 10.8. The number of amides is 1. The van der Waals surface area contributed by atoms with Crippen LogP contribution in [0.15, 0.2) is 51.5 Å². The van der Waals surface area contributed by atoms with Crippen molar-refractivity contribution in [3.05, 3.63) is 69.3 Å². The Morgan fingerprint density at radius 2 is 2.16 bits per heavy atom. The minimum absolute atomic E-state index is 0.212. The zero-order valence-corrected chi connectivity index (χ0v) is 15.7. The number of hydrogen-bond donors (Lipinski definition) is 1. The highest BCUT2D eigenvalue weighted by Gasteiger charge is 2.14. The van der Waals surface area contributed by atoms with Gasteiger partial charge in [-0.05, 0) is 40.2 Å². The van der Waals surface area contributed by atoms with Crippen molar-refractivity contribution in [1.82, 2.24) is 15.1 Å². The molecule has 1 aromatic carbocycles. The van der Waals surface area contributed by atoms with Crippen LogP contribution in [0.5, 0.6) is 5.75 Å². The molecular weight excluding hydrogens is 410 g/mol. The standard InChI is InChI=1S/C17H15BrClN3O3/c1-22-14(13(19)8-21-22)9-20-17(23)16-7-6-11(25-16)10-24-15-5-3-2-4-12(15)18/h2-8H,9-10H2,1H3,(H,20,23). The Hall–Kier alpha value is -2.25. The Morgan fingerprint density at radius 1 is 1.36 bits per heavy atom. The summed E-state index contributed by atoms with van der Waals surface area (Å²) < 4.78 is 13.7. The van der Waals surface area contributed by atoms with Gasteiger partial charge in [-0.15, -0.1) is 0 Å². The van der Waals surface area contributed by atoms with E-state index in [2.05, 4.69) is 26.3 Å².